The van der Waals surface area contributed by atoms with Gasteiger partial charge in [0.1, 0.15) is 12.1 Å². The largest absolute Gasteiger partial charge is 0.494 e. The number of rotatable bonds is 6. The van der Waals surface area contributed by atoms with Gasteiger partial charge in [-0.3, -0.25) is 0 Å². The smallest absolute Gasteiger partial charge is 0.249 e. The van der Waals surface area contributed by atoms with Crippen LogP contribution in [0.1, 0.15) is 25.3 Å². The van der Waals surface area contributed by atoms with E-state index >= 15 is 0 Å². The first kappa shape index (κ1) is 20.7. The third-order valence-corrected chi connectivity index (χ3v) is 8.97. The average Bonchev–Trinajstić information content (AvgIpc) is 3.10. The minimum absolute atomic E-state index is 0.0871. The zero-order valence-electron chi connectivity index (χ0n) is 16.1. The van der Waals surface area contributed by atoms with Crippen molar-refractivity contribution in [3.8, 4) is 5.75 Å². The fourth-order valence-electron chi connectivity index (χ4n) is 3.31. The Morgan fingerprint density at radius 3 is 2.39 bits per heavy atom. The van der Waals surface area contributed by atoms with Gasteiger partial charge in [-0.25, -0.2) is 16.8 Å². The molecule has 1 aromatic carbocycles. The van der Waals surface area contributed by atoms with Crippen LogP contribution < -0.4 is 4.74 Å². The molecular formula is C17H24N4O5S2. The zero-order valence-corrected chi connectivity index (χ0v) is 17.7. The Kier molecular flexibility index (Phi) is 5.78. The van der Waals surface area contributed by atoms with Crippen LogP contribution in [0.25, 0.3) is 0 Å². The van der Waals surface area contributed by atoms with Crippen molar-refractivity contribution < 1.29 is 21.6 Å². The van der Waals surface area contributed by atoms with Gasteiger partial charge in [0.2, 0.25) is 25.0 Å². The van der Waals surface area contributed by atoms with Crippen molar-refractivity contribution in [2.24, 2.45) is 7.05 Å². The van der Waals surface area contributed by atoms with E-state index in [1.165, 1.54) is 21.3 Å². The van der Waals surface area contributed by atoms with Gasteiger partial charge in [-0.2, -0.15) is 4.31 Å². The summed E-state index contributed by atoms with van der Waals surface area (Å²) in [4.78, 5) is 0.183. The third-order valence-electron chi connectivity index (χ3n) is 4.85. The molecule has 0 spiro atoms. The molecule has 0 N–H and O–H groups in total. The molecule has 0 amide bonds. The van der Waals surface area contributed by atoms with Crippen LogP contribution in [-0.2, 0) is 26.9 Å². The van der Waals surface area contributed by atoms with Gasteiger partial charge in [0.05, 0.1) is 16.8 Å². The van der Waals surface area contributed by atoms with Gasteiger partial charge < -0.3 is 9.30 Å². The van der Waals surface area contributed by atoms with Gasteiger partial charge in [0.15, 0.2) is 0 Å². The van der Waals surface area contributed by atoms with Crippen LogP contribution in [0, 0.1) is 6.92 Å². The SMILES string of the molecule is CCOc1ccc(S(=O)(=O)N2CCC(S(=O)(=O)c3nncn3C)CC2)cc1C. The Morgan fingerprint density at radius 1 is 1.18 bits per heavy atom. The van der Waals surface area contributed by atoms with E-state index in [4.69, 9.17) is 4.74 Å². The standard InChI is InChI=1S/C17H24N4O5S2/c1-4-26-16-6-5-15(11-13(16)2)28(24,25)21-9-7-14(8-10-21)27(22,23)17-19-18-12-20(17)3/h5-6,11-12,14H,4,7-10H2,1-3H3. The Bertz CT molecular complexity index is 1050. The fraction of sp³-hybridized carbons (Fsp3) is 0.529. The molecule has 1 aromatic heterocycles. The molecule has 1 fully saturated rings. The molecule has 1 aliphatic rings. The van der Waals surface area contributed by atoms with E-state index in [-0.39, 0.29) is 36.0 Å². The van der Waals surface area contributed by atoms with E-state index in [1.807, 2.05) is 6.92 Å². The lowest BCUT2D eigenvalue weighted by molar-refractivity contribution is 0.337. The predicted molar refractivity (Wildman–Crippen MR) is 102 cm³/mol. The van der Waals surface area contributed by atoms with E-state index < -0.39 is 25.1 Å². The van der Waals surface area contributed by atoms with Crippen LogP contribution in [0.5, 0.6) is 5.75 Å². The van der Waals surface area contributed by atoms with Crippen LogP contribution in [-0.4, -0.2) is 60.9 Å². The second-order valence-corrected chi connectivity index (χ2v) is 10.8. The van der Waals surface area contributed by atoms with Crippen molar-refractivity contribution >= 4 is 19.9 Å². The number of hydrogen-bond donors (Lipinski definition) is 0. The number of ether oxygens (including phenoxy) is 1. The molecule has 1 saturated heterocycles. The summed E-state index contributed by atoms with van der Waals surface area (Å²) in [5.74, 6) is 0.648. The van der Waals surface area contributed by atoms with Crippen LogP contribution in [0.3, 0.4) is 0 Å². The average molecular weight is 429 g/mol. The Morgan fingerprint density at radius 2 is 1.86 bits per heavy atom. The van der Waals surface area contributed by atoms with Gasteiger partial charge in [-0.1, -0.05) is 0 Å². The first-order valence-electron chi connectivity index (χ1n) is 8.99. The molecule has 0 radical (unpaired) electrons. The van der Waals surface area contributed by atoms with Crippen molar-refractivity contribution in [3.05, 3.63) is 30.1 Å². The maximum atomic E-state index is 13.0. The summed E-state index contributed by atoms with van der Waals surface area (Å²) in [5, 5.41) is 6.55. The summed E-state index contributed by atoms with van der Waals surface area (Å²) in [6.07, 6.45) is 1.76. The molecule has 2 aromatic rings. The molecule has 0 aliphatic carbocycles. The van der Waals surface area contributed by atoms with Crippen molar-refractivity contribution in [2.45, 2.75) is 42.0 Å². The fourth-order valence-corrected chi connectivity index (χ4v) is 6.61. The maximum absolute atomic E-state index is 13.0. The van der Waals surface area contributed by atoms with E-state index in [0.717, 1.165) is 5.56 Å². The monoisotopic (exact) mass is 428 g/mol. The molecule has 1 aliphatic heterocycles. The minimum atomic E-state index is -3.70. The summed E-state index contributed by atoms with van der Waals surface area (Å²) in [6, 6.07) is 4.76. The van der Waals surface area contributed by atoms with Crippen LogP contribution >= 0.6 is 0 Å². The topological polar surface area (TPSA) is 111 Å². The zero-order chi connectivity index (χ0) is 20.5. The summed E-state index contributed by atoms with van der Waals surface area (Å²) < 4.78 is 59.5. The quantitative estimate of drug-likeness (QED) is 0.678. The number of sulfonamides is 1. The number of sulfone groups is 1. The van der Waals surface area contributed by atoms with Crippen molar-refractivity contribution in [3.63, 3.8) is 0 Å². The Balaban J connectivity index is 1.75. The molecule has 28 heavy (non-hydrogen) atoms. The molecule has 0 bridgehead atoms. The van der Waals surface area contributed by atoms with E-state index in [9.17, 15) is 16.8 Å². The summed E-state index contributed by atoms with van der Waals surface area (Å²) in [6.45, 7) is 4.43. The molecule has 0 unspecified atom stereocenters. The molecule has 0 atom stereocenters. The van der Waals surface area contributed by atoms with Crippen molar-refractivity contribution in [1.29, 1.82) is 0 Å². The summed E-state index contributed by atoms with van der Waals surface area (Å²) in [7, 11) is -5.78. The lowest BCUT2D eigenvalue weighted by atomic mass is 10.2. The van der Waals surface area contributed by atoms with Crippen LogP contribution in [0.2, 0.25) is 0 Å². The van der Waals surface area contributed by atoms with E-state index in [1.54, 1.807) is 26.1 Å². The molecule has 3 rings (SSSR count). The minimum Gasteiger partial charge on any atom is -0.494 e. The highest BCUT2D eigenvalue weighted by molar-refractivity contribution is 7.92. The second-order valence-electron chi connectivity index (χ2n) is 6.73. The van der Waals surface area contributed by atoms with Gasteiger partial charge >= 0.3 is 0 Å². The van der Waals surface area contributed by atoms with Crippen molar-refractivity contribution in [1.82, 2.24) is 19.1 Å². The third kappa shape index (κ3) is 3.78. The normalized spacial score (nSPS) is 17.0. The molecular weight excluding hydrogens is 404 g/mol. The predicted octanol–water partition coefficient (Wildman–Crippen LogP) is 1.15. The highest BCUT2D eigenvalue weighted by Crippen LogP contribution is 2.28. The van der Waals surface area contributed by atoms with Gasteiger partial charge in [0, 0.05) is 20.1 Å². The first-order chi connectivity index (χ1) is 13.2. The lowest BCUT2D eigenvalue weighted by Gasteiger charge is -2.30. The summed E-state index contributed by atoms with van der Waals surface area (Å²) in [5.41, 5.74) is 0.739. The molecule has 0 saturated carbocycles. The summed E-state index contributed by atoms with van der Waals surface area (Å²) >= 11 is 0. The van der Waals surface area contributed by atoms with Gasteiger partial charge in [-0.15, -0.1) is 10.2 Å². The number of aromatic nitrogens is 3. The molecule has 9 nitrogen and oxygen atoms in total. The van der Waals surface area contributed by atoms with Crippen LogP contribution in [0.15, 0.2) is 34.6 Å². The Hall–Kier alpha value is -1.98. The first-order valence-corrected chi connectivity index (χ1v) is 12.0. The van der Waals surface area contributed by atoms with E-state index in [2.05, 4.69) is 10.2 Å². The van der Waals surface area contributed by atoms with Crippen LogP contribution in [0.4, 0.5) is 0 Å². The number of nitrogens with zero attached hydrogens (tertiary/aromatic N) is 4. The highest BCUT2D eigenvalue weighted by Gasteiger charge is 2.37. The number of hydrogen-bond acceptors (Lipinski definition) is 7. The Labute approximate surface area is 165 Å². The molecule has 154 valence electrons. The maximum Gasteiger partial charge on any atom is 0.249 e. The number of piperidine rings is 1. The van der Waals surface area contributed by atoms with Gasteiger partial charge in [0.25, 0.3) is 0 Å². The molecule has 2 heterocycles. The molecule has 11 heteroatoms. The lowest BCUT2D eigenvalue weighted by Crippen LogP contribution is -2.42. The van der Waals surface area contributed by atoms with Crippen molar-refractivity contribution in [2.75, 3.05) is 19.7 Å². The highest BCUT2D eigenvalue weighted by atomic mass is 32.2. The van der Waals surface area contributed by atoms with E-state index in [0.29, 0.717) is 12.4 Å². The number of benzene rings is 1. The van der Waals surface area contributed by atoms with Gasteiger partial charge in [-0.05, 0) is 50.5 Å². The number of aryl methyl sites for hydroxylation is 2. The second kappa shape index (κ2) is 7.80.